The van der Waals surface area contributed by atoms with Gasteiger partial charge >= 0.3 is 6.18 Å². The molecule has 0 aliphatic heterocycles. The van der Waals surface area contributed by atoms with E-state index in [1.165, 1.54) is 31.2 Å². The molecular formula is C12H15F3N2O2. The van der Waals surface area contributed by atoms with Gasteiger partial charge in [0.05, 0.1) is 0 Å². The van der Waals surface area contributed by atoms with E-state index in [9.17, 15) is 23.1 Å². The van der Waals surface area contributed by atoms with Crippen LogP contribution in [0.15, 0.2) is 24.3 Å². The summed E-state index contributed by atoms with van der Waals surface area (Å²) < 4.78 is 38.3. The van der Waals surface area contributed by atoms with Gasteiger partial charge < -0.3 is 15.7 Å². The summed E-state index contributed by atoms with van der Waals surface area (Å²) in [6, 6.07) is 5.41. The molecule has 1 aromatic carbocycles. The predicted molar refractivity (Wildman–Crippen MR) is 64.8 cm³/mol. The molecule has 0 aliphatic carbocycles. The first-order valence-electron chi connectivity index (χ1n) is 5.58. The van der Waals surface area contributed by atoms with Gasteiger partial charge in [0.25, 0.3) is 5.91 Å². The number of hydrogen-bond donors (Lipinski definition) is 2. The Labute approximate surface area is 108 Å². The lowest BCUT2D eigenvalue weighted by Gasteiger charge is -2.32. The highest BCUT2D eigenvalue weighted by Crippen LogP contribution is 2.31. The minimum Gasteiger partial charge on any atom is -0.508 e. The van der Waals surface area contributed by atoms with Gasteiger partial charge in [0, 0.05) is 18.3 Å². The number of likely N-dealkylation sites (N-methyl/N-ethyl adjacent to an activating group) is 1. The molecule has 1 aromatic rings. The Morgan fingerprint density at radius 2 is 2.00 bits per heavy atom. The Bertz CT molecular complexity index is 472. The second-order valence-corrected chi connectivity index (χ2v) is 4.27. The van der Waals surface area contributed by atoms with Crippen molar-refractivity contribution in [1.82, 2.24) is 0 Å². The van der Waals surface area contributed by atoms with Gasteiger partial charge in [-0.25, -0.2) is 0 Å². The summed E-state index contributed by atoms with van der Waals surface area (Å²) in [5, 5.41) is 9.31. The van der Waals surface area contributed by atoms with E-state index < -0.39 is 17.6 Å². The molecule has 0 aromatic heterocycles. The third-order valence-electron chi connectivity index (χ3n) is 2.74. The first kappa shape index (κ1) is 15.3. The van der Waals surface area contributed by atoms with Crippen molar-refractivity contribution in [3.05, 3.63) is 24.3 Å². The molecular weight excluding hydrogens is 261 g/mol. The topological polar surface area (TPSA) is 66.6 Å². The zero-order valence-corrected chi connectivity index (χ0v) is 10.5. The van der Waals surface area contributed by atoms with Gasteiger partial charge in [0.15, 0.2) is 5.54 Å². The maximum Gasteiger partial charge on any atom is 0.415 e. The fraction of sp³-hybridized carbons (Fsp3) is 0.417. The number of carbonyl (C=O) groups excluding carboxylic acids is 1. The molecule has 3 N–H and O–H groups in total. The Morgan fingerprint density at radius 1 is 1.42 bits per heavy atom. The number of halogens is 3. The molecule has 0 heterocycles. The average molecular weight is 276 g/mol. The summed E-state index contributed by atoms with van der Waals surface area (Å²) in [6.07, 6.45) is -4.85. The minimum atomic E-state index is -4.85. The Hall–Kier alpha value is -1.76. The van der Waals surface area contributed by atoms with Crippen LogP contribution in [0.3, 0.4) is 0 Å². The first-order chi connectivity index (χ1) is 8.61. The van der Waals surface area contributed by atoms with E-state index >= 15 is 0 Å². The van der Waals surface area contributed by atoms with Crippen molar-refractivity contribution in [1.29, 1.82) is 0 Å². The lowest BCUT2D eigenvalue weighted by molar-refractivity contribution is -0.185. The van der Waals surface area contributed by atoms with Crippen LogP contribution >= 0.6 is 0 Å². The number of phenolic OH excluding ortho intramolecular Hbond substituents is 1. The largest absolute Gasteiger partial charge is 0.508 e. The van der Waals surface area contributed by atoms with Gasteiger partial charge in [-0.3, -0.25) is 4.79 Å². The molecule has 1 atom stereocenters. The molecule has 0 radical (unpaired) electrons. The third kappa shape index (κ3) is 2.98. The monoisotopic (exact) mass is 276 g/mol. The molecule has 19 heavy (non-hydrogen) atoms. The number of nitrogens with zero attached hydrogens (tertiary/aromatic N) is 1. The van der Waals surface area contributed by atoms with Crippen molar-refractivity contribution in [2.75, 3.05) is 11.4 Å². The highest BCUT2D eigenvalue weighted by atomic mass is 19.4. The van der Waals surface area contributed by atoms with Crippen LogP contribution in [0.4, 0.5) is 18.9 Å². The number of rotatable bonds is 3. The molecule has 0 fully saturated rings. The second kappa shape index (κ2) is 5.08. The quantitative estimate of drug-likeness (QED) is 0.887. The second-order valence-electron chi connectivity index (χ2n) is 4.27. The normalized spacial score (nSPS) is 14.8. The summed E-state index contributed by atoms with van der Waals surface area (Å²) in [4.78, 5) is 12.8. The molecule has 106 valence electrons. The molecule has 0 saturated heterocycles. The Morgan fingerprint density at radius 3 is 2.42 bits per heavy atom. The average Bonchev–Trinajstić information content (AvgIpc) is 2.28. The predicted octanol–water partition coefficient (Wildman–Crippen LogP) is 2.02. The van der Waals surface area contributed by atoms with Crippen molar-refractivity contribution in [3.8, 4) is 5.75 Å². The number of phenols is 1. The maximum atomic E-state index is 12.8. The van der Waals surface area contributed by atoms with Crippen molar-refractivity contribution >= 4 is 11.6 Å². The van der Waals surface area contributed by atoms with Gasteiger partial charge in [-0.2, -0.15) is 13.2 Å². The number of aromatic hydroxyl groups is 1. The van der Waals surface area contributed by atoms with E-state index in [1.54, 1.807) is 0 Å². The van der Waals surface area contributed by atoms with Crippen LogP contribution in [0.1, 0.15) is 13.8 Å². The summed E-state index contributed by atoms with van der Waals surface area (Å²) >= 11 is 0. The van der Waals surface area contributed by atoms with Crippen LogP contribution in [0.5, 0.6) is 5.75 Å². The lowest BCUT2D eigenvalue weighted by atomic mass is 10.0. The van der Waals surface area contributed by atoms with Crippen molar-refractivity contribution < 1.29 is 23.1 Å². The Kier molecular flexibility index (Phi) is 4.09. The molecule has 0 saturated carbocycles. The fourth-order valence-corrected chi connectivity index (χ4v) is 1.51. The Balaban J connectivity index is 3.15. The summed E-state index contributed by atoms with van der Waals surface area (Å²) in [5.41, 5.74) is 2.29. The molecule has 1 amide bonds. The van der Waals surface area contributed by atoms with Gasteiger partial charge in [0.1, 0.15) is 5.75 Å². The van der Waals surface area contributed by atoms with Crippen molar-refractivity contribution in [2.45, 2.75) is 25.6 Å². The first-order valence-corrected chi connectivity index (χ1v) is 5.58. The lowest BCUT2D eigenvalue weighted by Crippen LogP contribution is -2.62. The summed E-state index contributed by atoms with van der Waals surface area (Å²) in [6.45, 7) is 2.15. The zero-order valence-electron chi connectivity index (χ0n) is 10.5. The molecule has 0 spiro atoms. The van der Waals surface area contributed by atoms with E-state index in [2.05, 4.69) is 0 Å². The van der Waals surface area contributed by atoms with Gasteiger partial charge in [-0.15, -0.1) is 0 Å². The minimum absolute atomic E-state index is 0.00512. The SMILES string of the molecule is CCN(C(=O)C(C)(N)C(F)(F)F)c1cccc(O)c1. The van der Waals surface area contributed by atoms with Gasteiger partial charge in [-0.1, -0.05) is 6.07 Å². The maximum absolute atomic E-state index is 12.8. The van der Waals surface area contributed by atoms with Crippen LogP contribution in [-0.2, 0) is 4.79 Å². The van der Waals surface area contributed by atoms with Crippen LogP contribution in [0, 0.1) is 0 Å². The number of amides is 1. The van der Waals surface area contributed by atoms with E-state index in [0.717, 1.165) is 4.90 Å². The molecule has 4 nitrogen and oxygen atoms in total. The molecule has 1 unspecified atom stereocenters. The fourth-order valence-electron chi connectivity index (χ4n) is 1.51. The number of hydrogen-bond acceptors (Lipinski definition) is 3. The van der Waals surface area contributed by atoms with Crippen LogP contribution in [0.2, 0.25) is 0 Å². The number of carbonyl (C=O) groups is 1. The van der Waals surface area contributed by atoms with E-state index in [4.69, 9.17) is 5.73 Å². The molecule has 7 heteroatoms. The van der Waals surface area contributed by atoms with E-state index in [1.807, 2.05) is 0 Å². The van der Waals surface area contributed by atoms with Crippen LogP contribution < -0.4 is 10.6 Å². The molecule has 0 bridgehead atoms. The highest BCUT2D eigenvalue weighted by Gasteiger charge is 2.55. The van der Waals surface area contributed by atoms with Gasteiger partial charge in [0.2, 0.25) is 0 Å². The van der Waals surface area contributed by atoms with Crippen LogP contribution in [-0.4, -0.2) is 29.3 Å². The van der Waals surface area contributed by atoms with Gasteiger partial charge in [-0.05, 0) is 26.0 Å². The van der Waals surface area contributed by atoms with E-state index in [-0.39, 0.29) is 18.0 Å². The molecule has 1 rings (SSSR count). The number of alkyl halides is 3. The summed E-state index contributed by atoms with van der Waals surface area (Å²) in [7, 11) is 0. The zero-order chi connectivity index (χ0) is 14.8. The van der Waals surface area contributed by atoms with Crippen LogP contribution in [0.25, 0.3) is 0 Å². The molecule has 0 aliphatic rings. The highest BCUT2D eigenvalue weighted by molar-refractivity contribution is 6.00. The summed E-state index contributed by atoms with van der Waals surface area (Å²) in [5.74, 6) is -1.41. The standard InChI is InChI=1S/C12H15F3N2O2/c1-3-17(8-5-4-6-9(18)7-8)10(19)11(2,16)12(13,14)15/h4-7,18H,3,16H2,1-2H3. The number of anilines is 1. The van der Waals surface area contributed by atoms with Crippen molar-refractivity contribution in [3.63, 3.8) is 0 Å². The smallest absolute Gasteiger partial charge is 0.415 e. The third-order valence-corrected chi connectivity index (χ3v) is 2.74. The van der Waals surface area contributed by atoms with Crippen molar-refractivity contribution in [2.24, 2.45) is 5.73 Å². The van der Waals surface area contributed by atoms with E-state index in [0.29, 0.717) is 6.92 Å². The number of benzene rings is 1. The number of nitrogens with two attached hydrogens (primary N) is 1.